The highest BCUT2D eigenvalue weighted by Crippen LogP contribution is 2.51. The fraction of sp³-hybridized carbons (Fsp3) is 0.375. The van der Waals surface area contributed by atoms with Gasteiger partial charge in [-0.25, -0.2) is 19.2 Å². The molecule has 3 heterocycles. The zero-order valence-corrected chi connectivity index (χ0v) is 23.5. The second-order valence-electron chi connectivity index (χ2n) is 11.1. The van der Waals surface area contributed by atoms with Gasteiger partial charge in [0.05, 0.1) is 47.4 Å². The van der Waals surface area contributed by atoms with Crippen LogP contribution in [0.1, 0.15) is 58.7 Å². The number of imidazole rings is 1. The van der Waals surface area contributed by atoms with Gasteiger partial charge in [0.15, 0.2) is 0 Å². The number of carboxylic acids is 1. The second kappa shape index (κ2) is 11.5. The van der Waals surface area contributed by atoms with E-state index in [1.165, 1.54) is 6.07 Å². The number of hydrogen-bond acceptors (Lipinski definition) is 7. The number of halogens is 1. The summed E-state index contributed by atoms with van der Waals surface area (Å²) in [4.78, 5) is 23.8. The van der Waals surface area contributed by atoms with Crippen LogP contribution in [0.15, 0.2) is 54.6 Å². The maximum Gasteiger partial charge on any atom is 0.335 e. The van der Waals surface area contributed by atoms with Crippen molar-refractivity contribution in [2.75, 3.05) is 13.7 Å². The summed E-state index contributed by atoms with van der Waals surface area (Å²) in [5.74, 6) is 0.727. The molecule has 216 valence electrons. The van der Waals surface area contributed by atoms with Gasteiger partial charge >= 0.3 is 5.97 Å². The quantitative estimate of drug-likeness (QED) is 0.280. The smallest absolute Gasteiger partial charge is 0.335 e. The highest BCUT2D eigenvalue weighted by atomic mass is 19.1. The fourth-order valence-electron chi connectivity index (χ4n) is 6.05. The molecule has 1 saturated carbocycles. The van der Waals surface area contributed by atoms with E-state index in [1.54, 1.807) is 43.5 Å². The van der Waals surface area contributed by atoms with Crippen molar-refractivity contribution in [3.05, 3.63) is 88.6 Å². The molecule has 0 spiro atoms. The molecule has 1 saturated heterocycles. The molecule has 1 aliphatic heterocycles. The van der Waals surface area contributed by atoms with Crippen LogP contribution < -0.4 is 4.74 Å². The van der Waals surface area contributed by atoms with Crippen LogP contribution in [0, 0.1) is 23.1 Å². The van der Waals surface area contributed by atoms with Crippen molar-refractivity contribution in [1.29, 1.82) is 5.26 Å². The first-order valence-electron chi connectivity index (χ1n) is 14.1. The molecular formula is C32H32FN5O4. The van der Waals surface area contributed by atoms with E-state index in [0.717, 1.165) is 41.9 Å². The number of pyridine rings is 1. The predicted molar refractivity (Wildman–Crippen MR) is 153 cm³/mol. The number of likely N-dealkylation sites (tertiary alicyclic amines) is 1. The molecule has 3 unspecified atom stereocenters. The summed E-state index contributed by atoms with van der Waals surface area (Å²) < 4.78 is 27.7. The Hall–Kier alpha value is -4.33. The molecule has 2 fully saturated rings. The first kappa shape index (κ1) is 27.8. The lowest BCUT2D eigenvalue weighted by Gasteiger charge is -2.31. The average molecular weight is 570 g/mol. The predicted octanol–water partition coefficient (Wildman–Crippen LogP) is 5.13. The van der Waals surface area contributed by atoms with Crippen LogP contribution in [0.5, 0.6) is 5.88 Å². The summed E-state index contributed by atoms with van der Waals surface area (Å²) in [7, 11) is 1.67. The van der Waals surface area contributed by atoms with Gasteiger partial charge in [-0.05, 0) is 68.6 Å². The lowest BCUT2D eigenvalue weighted by molar-refractivity contribution is 0.0697. The molecule has 2 aliphatic rings. The van der Waals surface area contributed by atoms with Crippen molar-refractivity contribution >= 4 is 17.0 Å². The Morgan fingerprint density at radius 2 is 2.07 bits per heavy atom. The maximum atomic E-state index is 14.3. The molecule has 42 heavy (non-hydrogen) atoms. The van der Waals surface area contributed by atoms with Crippen molar-refractivity contribution in [2.24, 2.45) is 5.92 Å². The largest absolute Gasteiger partial charge is 0.478 e. The van der Waals surface area contributed by atoms with E-state index < -0.39 is 11.8 Å². The van der Waals surface area contributed by atoms with E-state index in [9.17, 15) is 14.3 Å². The SMILES string of the molecule is CO[C@H](C)Cn1c(CN2CCC(c3cccc(OCc4ccc(C#N)cc4F)n3)C3CC32)nc2ccc(C(=O)O)cc21. The van der Waals surface area contributed by atoms with E-state index in [-0.39, 0.29) is 23.8 Å². The Bertz CT molecular complexity index is 1680. The molecule has 2 aromatic heterocycles. The van der Waals surface area contributed by atoms with Crippen LogP contribution in [0.25, 0.3) is 11.0 Å². The number of carboxylic acid groups (broad SMARTS) is 1. The van der Waals surface area contributed by atoms with Crippen molar-refractivity contribution < 1.29 is 23.8 Å². The molecule has 9 nitrogen and oxygen atoms in total. The number of fused-ring (bicyclic) bond motifs is 2. The fourth-order valence-corrected chi connectivity index (χ4v) is 6.05. The number of nitrogens with zero attached hydrogens (tertiary/aromatic N) is 5. The third-order valence-electron chi connectivity index (χ3n) is 8.46. The van der Waals surface area contributed by atoms with Gasteiger partial charge in [-0.1, -0.05) is 12.1 Å². The third-order valence-corrected chi connectivity index (χ3v) is 8.46. The lowest BCUT2D eigenvalue weighted by atomic mass is 9.92. The van der Waals surface area contributed by atoms with E-state index >= 15 is 0 Å². The first-order chi connectivity index (χ1) is 20.3. The zero-order valence-electron chi connectivity index (χ0n) is 23.5. The highest BCUT2D eigenvalue weighted by molar-refractivity contribution is 5.92. The Morgan fingerprint density at radius 1 is 1.21 bits per heavy atom. The summed E-state index contributed by atoms with van der Waals surface area (Å²) in [6.45, 7) is 4.17. The van der Waals surface area contributed by atoms with Gasteiger partial charge in [0.1, 0.15) is 18.2 Å². The third kappa shape index (κ3) is 5.58. The highest BCUT2D eigenvalue weighted by Gasteiger charge is 2.50. The molecule has 2 aromatic carbocycles. The first-order valence-corrected chi connectivity index (χ1v) is 14.1. The van der Waals surface area contributed by atoms with Crippen molar-refractivity contribution in [3.8, 4) is 11.9 Å². The number of piperidine rings is 1. The second-order valence-corrected chi connectivity index (χ2v) is 11.1. The number of carbonyl (C=O) groups is 1. The van der Waals surface area contributed by atoms with Gasteiger partial charge in [0.2, 0.25) is 5.88 Å². The molecule has 10 heteroatoms. The van der Waals surface area contributed by atoms with Gasteiger partial charge < -0.3 is 19.1 Å². The number of benzene rings is 2. The molecule has 1 N–H and O–H groups in total. The summed E-state index contributed by atoms with van der Waals surface area (Å²) in [5.41, 5.74) is 3.46. The van der Waals surface area contributed by atoms with E-state index in [1.807, 2.05) is 25.1 Å². The van der Waals surface area contributed by atoms with Gasteiger partial charge in [0, 0.05) is 36.4 Å². The number of hydrogen-bond donors (Lipinski definition) is 1. The van der Waals surface area contributed by atoms with E-state index in [2.05, 4.69) is 9.47 Å². The van der Waals surface area contributed by atoms with E-state index in [4.69, 9.17) is 24.7 Å². The van der Waals surface area contributed by atoms with E-state index in [0.29, 0.717) is 42.4 Å². The minimum Gasteiger partial charge on any atom is -0.478 e. The Labute approximate surface area is 243 Å². The van der Waals surface area contributed by atoms with Gasteiger partial charge in [0.25, 0.3) is 0 Å². The number of aromatic nitrogens is 3. The molecule has 0 amide bonds. The summed E-state index contributed by atoms with van der Waals surface area (Å²) in [6.07, 6.45) is 1.97. The average Bonchev–Trinajstić information content (AvgIpc) is 3.74. The Morgan fingerprint density at radius 3 is 2.83 bits per heavy atom. The normalized spacial score (nSPS) is 20.6. The zero-order chi connectivity index (χ0) is 29.4. The van der Waals surface area contributed by atoms with Crippen LogP contribution in [0.4, 0.5) is 4.39 Å². The maximum absolute atomic E-state index is 14.3. The molecule has 0 radical (unpaired) electrons. The Balaban J connectivity index is 1.14. The molecule has 4 aromatic rings. The van der Waals surface area contributed by atoms with Gasteiger partial charge in [-0.3, -0.25) is 4.90 Å². The van der Waals surface area contributed by atoms with Crippen LogP contribution in [0.2, 0.25) is 0 Å². The molecular weight excluding hydrogens is 537 g/mol. The summed E-state index contributed by atoms with van der Waals surface area (Å²) in [6, 6.07) is 17.5. The molecule has 4 atom stereocenters. The number of aromatic carboxylic acids is 1. The van der Waals surface area contributed by atoms with Gasteiger partial charge in [-0.15, -0.1) is 0 Å². The van der Waals surface area contributed by atoms with Crippen LogP contribution in [-0.4, -0.2) is 56.3 Å². The standard InChI is InChI=1S/C32H32FN5O4/c1-19(41-2)16-38-29-13-21(32(39)40)8-9-27(29)35-30(38)17-37-11-10-23(24-14-28(24)37)26-4-3-5-31(36-26)42-18-22-7-6-20(15-34)12-25(22)33/h3-9,12-13,19,23-24,28H,10-11,14,16-18H2,1-2H3,(H,39,40)/t19-,23?,24?,28?/m1/s1. The molecule has 0 bridgehead atoms. The molecule has 6 rings (SSSR count). The minimum absolute atomic E-state index is 0.0368. The van der Waals surface area contributed by atoms with Crippen molar-refractivity contribution in [2.45, 2.75) is 57.5 Å². The Kier molecular flexibility index (Phi) is 7.62. The lowest BCUT2D eigenvalue weighted by Crippen LogP contribution is -2.35. The number of ether oxygens (including phenoxy) is 2. The van der Waals surface area contributed by atoms with Crippen LogP contribution in [0.3, 0.4) is 0 Å². The summed E-state index contributed by atoms with van der Waals surface area (Å²) in [5, 5.41) is 18.5. The van der Waals surface area contributed by atoms with Crippen LogP contribution >= 0.6 is 0 Å². The number of rotatable bonds is 10. The monoisotopic (exact) mass is 569 g/mol. The summed E-state index contributed by atoms with van der Waals surface area (Å²) >= 11 is 0. The minimum atomic E-state index is -0.960. The van der Waals surface area contributed by atoms with Crippen molar-refractivity contribution in [1.82, 2.24) is 19.4 Å². The van der Waals surface area contributed by atoms with Crippen molar-refractivity contribution in [3.63, 3.8) is 0 Å². The van der Waals surface area contributed by atoms with Gasteiger partial charge in [-0.2, -0.15) is 5.26 Å². The topological polar surface area (TPSA) is 114 Å². The number of methoxy groups -OCH3 is 1. The molecule has 1 aliphatic carbocycles. The van der Waals surface area contributed by atoms with Crippen LogP contribution in [-0.2, 0) is 24.4 Å². The number of nitriles is 1.